The van der Waals surface area contributed by atoms with Crippen LogP contribution in [0.1, 0.15) is 60.8 Å². The molecule has 112 valence electrons. The maximum absolute atomic E-state index is 11.8. The van der Waals surface area contributed by atoms with Crippen LogP contribution in [0.3, 0.4) is 0 Å². The first-order valence-electron chi connectivity index (χ1n) is 7.61. The number of rotatable bonds is 4. The molecule has 0 radical (unpaired) electrons. The summed E-state index contributed by atoms with van der Waals surface area (Å²) in [5.41, 5.74) is -0.183. The summed E-state index contributed by atoms with van der Waals surface area (Å²) in [7, 11) is 0. The molecular weight excluding hydrogens is 238 g/mol. The quantitative estimate of drug-likeness (QED) is 0.849. The Kier molecular flexibility index (Phi) is 5.84. The van der Waals surface area contributed by atoms with Gasteiger partial charge in [-0.3, -0.25) is 4.79 Å². The lowest BCUT2D eigenvalue weighted by Crippen LogP contribution is -2.44. The average molecular weight is 269 g/mol. The third kappa shape index (κ3) is 5.94. The van der Waals surface area contributed by atoms with E-state index >= 15 is 0 Å². The van der Waals surface area contributed by atoms with Crippen molar-refractivity contribution < 1.29 is 9.53 Å². The number of carbonyl (C=O) groups is 1. The maximum Gasteiger partial charge on any atom is 0.246 e. The highest BCUT2D eigenvalue weighted by molar-refractivity contribution is 5.77. The standard InChI is InChI=1S/C16H31NO2/c1-11(2)13-8-7-12(3)9-14(13)19-10-15(18)17-16(4,5)6/h11-14H,7-10H2,1-6H3,(H,17,18)/t12-,13+,14-/m1/s1. The summed E-state index contributed by atoms with van der Waals surface area (Å²) < 4.78 is 5.92. The molecule has 1 fully saturated rings. The number of carbonyl (C=O) groups excluding carboxylic acids is 1. The van der Waals surface area contributed by atoms with E-state index in [1.165, 1.54) is 12.8 Å². The first-order valence-corrected chi connectivity index (χ1v) is 7.61. The molecule has 0 aliphatic heterocycles. The van der Waals surface area contributed by atoms with E-state index in [9.17, 15) is 4.79 Å². The zero-order valence-electron chi connectivity index (χ0n) is 13.5. The second-order valence-electron chi connectivity index (χ2n) is 7.47. The molecule has 3 nitrogen and oxygen atoms in total. The van der Waals surface area contributed by atoms with Gasteiger partial charge in [-0.05, 0) is 51.4 Å². The average Bonchev–Trinajstić information content (AvgIpc) is 2.23. The highest BCUT2D eigenvalue weighted by atomic mass is 16.5. The molecule has 1 rings (SSSR count). The minimum Gasteiger partial charge on any atom is -0.368 e. The maximum atomic E-state index is 11.8. The predicted octanol–water partition coefficient (Wildman–Crippen LogP) is 3.38. The van der Waals surface area contributed by atoms with E-state index in [2.05, 4.69) is 26.1 Å². The Bertz CT molecular complexity index is 294. The molecule has 1 aliphatic carbocycles. The molecule has 0 aromatic heterocycles. The summed E-state index contributed by atoms with van der Waals surface area (Å²) in [5.74, 6) is 1.93. The van der Waals surface area contributed by atoms with Crippen LogP contribution in [-0.4, -0.2) is 24.2 Å². The van der Waals surface area contributed by atoms with Gasteiger partial charge in [-0.25, -0.2) is 0 Å². The first kappa shape index (κ1) is 16.5. The van der Waals surface area contributed by atoms with Crippen molar-refractivity contribution in [2.45, 2.75) is 72.4 Å². The van der Waals surface area contributed by atoms with E-state index in [0.29, 0.717) is 17.8 Å². The van der Waals surface area contributed by atoms with Gasteiger partial charge in [0.15, 0.2) is 0 Å². The molecular formula is C16H31NO2. The van der Waals surface area contributed by atoms with Crippen LogP contribution in [0.25, 0.3) is 0 Å². The molecule has 3 atom stereocenters. The summed E-state index contributed by atoms with van der Waals surface area (Å²) in [6.07, 6.45) is 3.85. The van der Waals surface area contributed by atoms with E-state index < -0.39 is 0 Å². The Morgan fingerprint density at radius 1 is 1.32 bits per heavy atom. The molecule has 1 N–H and O–H groups in total. The second-order valence-corrected chi connectivity index (χ2v) is 7.47. The first-order chi connectivity index (χ1) is 8.69. The number of hydrogen-bond acceptors (Lipinski definition) is 2. The zero-order valence-corrected chi connectivity index (χ0v) is 13.5. The topological polar surface area (TPSA) is 38.3 Å². The van der Waals surface area contributed by atoms with Crippen molar-refractivity contribution in [2.24, 2.45) is 17.8 Å². The molecule has 0 unspecified atom stereocenters. The van der Waals surface area contributed by atoms with Gasteiger partial charge in [-0.1, -0.05) is 27.2 Å². The van der Waals surface area contributed by atoms with Crippen molar-refractivity contribution >= 4 is 5.91 Å². The lowest BCUT2D eigenvalue weighted by atomic mass is 9.75. The van der Waals surface area contributed by atoms with Crippen LogP contribution in [0, 0.1) is 17.8 Å². The summed E-state index contributed by atoms with van der Waals surface area (Å²) in [4.78, 5) is 11.8. The Hall–Kier alpha value is -0.570. The highest BCUT2D eigenvalue weighted by Crippen LogP contribution is 2.35. The summed E-state index contributed by atoms with van der Waals surface area (Å²) in [6.45, 7) is 13.0. The molecule has 0 spiro atoms. The fraction of sp³-hybridized carbons (Fsp3) is 0.938. The lowest BCUT2D eigenvalue weighted by molar-refractivity contribution is -0.132. The highest BCUT2D eigenvalue weighted by Gasteiger charge is 2.31. The monoisotopic (exact) mass is 269 g/mol. The number of nitrogens with one attached hydrogen (secondary N) is 1. The SMILES string of the molecule is CC(C)[C@@H]1CC[C@@H](C)C[C@H]1OCC(=O)NC(C)(C)C. The number of hydrogen-bond donors (Lipinski definition) is 1. The second kappa shape index (κ2) is 6.74. The van der Waals surface area contributed by atoms with Gasteiger partial charge in [0.2, 0.25) is 5.91 Å². The van der Waals surface area contributed by atoms with Gasteiger partial charge in [-0.2, -0.15) is 0 Å². The molecule has 0 heterocycles. The van der Waals surface area contributed by atoms with Gasteiger partial charge in [0.1, 0.15) is 6.61 Å². The molecule has 1 saturated carbocycles. The van der Waals surface area contributed by atoms with Crippen molar-refractivity contribution in [3.8, 4) is 0 Å². The molecule has 3 heteroatoms. The Balaban J connectivity index is 2.46. The van der Waals surface area contributed by atoms with Crippen LogP contribution >= 0.6 is 0 Å². The van der Waals surface area contributed by atoms with Crippen LogP contribution < -0.4 is 5.32 Å². The van der Waals surface area contributed by atoms with E-state index in [1.54, 1.807) is 0 Å². The fourth-order valence-corrected chi connectivity index (χ4v) is 2.94. The predicted molar refractivity (Wildman–Crippen MR) is 79.0 cm³/mol. The normalized spacial score (nSPS) is 28.5. The van der Waals surface area contributed by atoms with Crippen LogP contribution in [0.4, 0.5) is 0 Å². The molecule has 19 heavy (non-hydrogen) atoms. The smallest absolute Gasteiger partial charge is 0.246 e. The summed E-state index contributed by atoms with van der Waals surface area (Å²) in [5, 5.41) is 2.95. The molecule has 0 bridgehead atoms. The third-order valence-corrected chi connectivity index (χ3v) is 3.90. The van der Waals surface area contributed by atoms with Gasteiger partial charge < -0.3 is 10.1 Å². The van der Waals surface area contributed by atoms with Crippen LogP contribution in [0.15, 0.2) is 0 Å². The van der Waals surface area contributed by atoms with E-state index in [1.807, 2.05) is 20.8 Å². The molecule has 0 saturated heterocycles. The van der Waals surface area contributed by atoms with Crippen LogP contribution in [-0.2, 0) is 9.53 Å². The molecule has 1 aliphatic rings. The van der Waals surface area contributed by atoms with Crippen molar-refractivity contribution in [2.75, 3.05) is 6.61 Å². The largest absolute Gasteiger partial charge is 0.368 e. The molecule has 0 aromatic rings. The minimum absolute atomic E-state index is 0.00627. The Morgan fingerprint density at radius 2 is 1.95 bits per heavy atom. The van der Waals surface area contributed by atoms with Crippen molar-refractivity contribution in [1.29, 1.82) is 0 Å². The van der Waals surface area contributed by atoms with Gasteiger partial charge in [0.25, 0.3) is 0 Å². The van der Waals surface area contributed by atoms with Crippen molar-refractivity contribution in [3.63, 3.8) is 0 Å². The zero-order chi connectivity index (χ0) is 14.6. The Labute approximate surface area is 118 Å². The molecule has 1 amide bonds. The summed E-state index contributed by atoms with van der Waals surface area (Å²) in [6, 6.07) is 0. The van der Waals surface area contributed by atoms with E-state index in [0.717, 1.165) is 6.42 Å². The third-order valence-electron chi connectivity index (χ3n) is 3.90. The van der Waals surface area contributed by atoms with E-state index in [4.69, 9.17) is 4.74 Å². The van der Waals surface area contributed by atoms with Crippen molar-refractivity contribution in [3.05, 3.63) is 0 Å². The fourth-order valence-electron chi connectivity index (χ4n) is 2.94. The van der Waals surface area contributed by atoms with Gasteiger partial charge in [0, 0.05) is 5.54 Å². The van der Waals surface area contributed by atoms with Gasteiger partial charge in [0.05, 0.1) is 6.10 Å². The lowest BCUT2D eigenvalue weighted by Gasteiger charge is -2.37. The summed E-state index contributed by atoms with van der Waals surface area (Å²) >= 11 is 0. The Morgan fingerprint density at radius 3 is 2.47 bits per heavy atom. The number of amides is 1. The van der Waals surface area contributed by atoms with Gasteiger partial charge >= 0.3 is 0 Å². The van der Waals surface area contributed by atoms with Crippen LogP contribution in [0.2, 0.25) is 0 Å². The number of ether oxygens (including phenoxy) is 1. The van der Waals surface area contributed by atoms with Gasteiger partial charge in [-0.15, -0.1) is 0 Å². The van der Waals surface area contributed by atoms with E-state index in [-0.39, 0.29) is 24.2 Å². The molecule has 0 aromatic carbocycles. The van der Waals surface area contributed by atoms with Crippen LogP contribution in [0.5, 0.6) is 0 Å². The van der Waals surface area contributed by atoms with Crippen molar-refractivity contribution in [1.82, 2.24) is 5.32 Å². The minimum atomic E-state index is -0.183.